The average molecular weight is 273 g/mol. The Labute approximate surface area is 117 Å². The fourth-order valence-electron chi connectivity index (χ4n) is 2.19. The van der Waals surface area contributed by atoms with Gasteiger partial charge in [-0.15, -0.1) is 0 Å². The molecule has 1 heterocycles. The molecule has 0 bridgehead atoms. The Morgan fingerprint density at radius 2 is 2.15 bits per heavy atom. The molecule has 2 aromatic rings. The SMILES string of the molecule is CC(C)(C#N)CCCCn1c(=O)oc2cc(N)ccc21. The summed E-state index contributed by atoms with van der Waals surface area (Å²) in [6.07, 6.45) is 2.56. The van der Waals surface area contributed by atoms with E-state index in [0.717, 1.165) is 24.8 Å². The van der Waals surface area contributed by atoms with E-state index in [0.29, 0.717) is 17.8 Å². The summed E-state index contributed by atoms with van der Waals surface area (Å²) in [4.78, 5) is 11.8. The molecule has 5 nitrogen and oxygen atoms in total. The molecule has 1 aromatic carbocycles. The number of anilines is 1. The summed E-state index contributed by atoms with van der Waals surface area (Å²) in [5, 5.41) is 8.96. The van der Waals surface area contributed by atoms with Gasteiger partial charge in [-0.2, -0.15) is 5.26 Å². The van der Waals surface area contributed by atoms with Gasteiger partial charge in [-0.05, 0) is 38.8 Å². The minimum Gasteiger partial charge on any atom is -0.408 e. The van der Waals surface area contributed by atoms with Gasteiger partial charge in [-0.3, -0.25) is 4.57 Å². The van der Waals surface area contributed by atoms with Gasteiger partial charge in [-0.25, -0.2) is 4.79 Å². The van der Waals surface area contributed by atoms with Crippen molar-refractivity contribution in [3.63, 3.8) is 0 Å². The highest BCUT2D eigenvalue weighted by molar-refractivity contribution is 5.76. The van der Waals surface area contributed by atoms with Gasteiger partial charge in [0.1, 0.15) is 0 Å². The summed E-state index contributed by atoms with van der Waals surface area (Å²) < 4.78 is 6.79. The molecule has 2 N–H and O–H groups in total. The first-order valence-corrected chi connectivity index (χ1v) is 6.73. The van der Waals surface area contributed by atoms with Gasteiger partial charge in [0.2, 0.25) is 0 Å². The number of hydrogen-bond acceptors (Lipinski definition) is 4. The van der Waals surface area contributed by atoms with E-state index in [2.05, 4.69) is 6.07 Å². The topological polar surface area (TPSA) is 85.0 Å². The molecule has 0 unspecified atom stereocenters. The van der Waals surface area contributed by atoms with Crippen molar-refractivity contribution in [2.75, 3.05) is 5.73 Å². The third-order valence-electron chi connectivity index (χ3n) is 3.43. The second-order valence-corrected chi connectivity index (χ2v) is 5.70. The number of oxazole rings is 1. The number of nitrogens with zero attached hydrogens (tertiary/aromatic N) is 2. The minimum atomic E-state index is -0.356. The van der Waals surface area contributed by atoms with Crippen LogP contribution in [0.2, 0.25) is 0 Å². The summed E-state index contributed by atoms with van der Waals surface area (Å²) in [6, 6.07) is 7.50. The van der Waals surface area contributed by atoms with Gasteiger partial charge in [0.05, 0.1) is 17.0 Å². The van der Waals surface area contributed by atoms with Gasteiger partial charge in [0, 0.05) is 18.3 Å². The van der Waals surface area contributed by atoms with Crippen LogP contribution < -0.4 is 11.5 Å². The van der Waals surface area contributed by atoms with Crippen LogP contribution in [0.4, 0.5) is 5.69 Å². The van der Waals surface area contributed by atoms with Gasteiger partial charge in [0.15, 0.2) is 5.58 Å². The molecule has 5 heteroatoms. The first kappa shape index (κ1) is 14.2. The molecule has 20 heavy (non-hydrogen) atoms. The smallest absolute Gasteiger partial charge is 0.408 e. The predicted molar refractivity (Wildman–Crippen MR) is 78.1 cm³/mol. The van der Waals surface area contributed by atoms with E-state index in [1.54, 1.807) is 22.8 Å². The first-order valence-electron chi connectivity index (χ1n) is 6.73. The van der Waals surface area contributed by atoms with Crippen LogP contribution in [0.5, 0.6) is 0 Å². The van der Waals surface area contributed by atoms with Gasteiger partial charge < -0.3 is 10.2 Å². The Morgan fingerprint density at radius 1 is 1.40 bits per heavy atom. The van der Waals surface area contributed by atoms with Crippen LogP contribution in [0, 0.1) is 16.7 Å². The molecule has 0 amide bonds. The largest absolute Gasteiger partial charge is 0.419 e. The van der Waals surface area contributed by atoms with Gasteiger partial charge in [-0.1, -0.05) is 6.42 Å². The lowest BCUT2D eigenvalue weighted by Crippen LogP contribution is -2.15. The predicted octanol–water partition coefficient (Wildman–Crippen LogP) is 2.90. The van der Waals surface area contributed by atoms with Crippen LogP contribution in [-0.4, -0.2) is 4.57 Å². The summed E-state index contributed by atoms with van der Waals surface area (Å²) in [5.41, 5.74) is 7.22. The monoisotopic (exact) mass is 273 g/mol. The molecule has 0 saturated heterocycles. The number of hydrogen-bond donors (Lipinski definition) is 1. The highest BCUT2D eigenvalue weighted by Crippen LogP contribution is 2.22. The molecule has 106 valence electrons. The number of nitrogens with two attached hydrogens (primary N) is 1. The fourth-order valence-corrected chi connectivity index (χ4v) is 2.19. The number of nitriles is 1. The average Bonchev–Trinajstić information content (AvgIpc) is 2.70. The highest BCUT2D eigenvalue weighted by atomic mass is 16.4. The molecule has 0 atom stereocenters. The van der Waals surface area contributed by atoms with E-state index in [9.17, 15) is 4.79 Å². The number of rotatable bonds is 5. The van der Waals surface area contributed by atoms with Gasteiger partial charge in [0.25, 0.3) is 0 Å². The molecule has 0 aliphatic heterocycles. The Bertz CT molecular complexity index is 704. The van der Waals surface area contributed by atoms with Crippen molar-refractivity contribution in [1.29, 1.82) is 5.26 Å². The molecule has 0 fully saturated rings. The zero-order valence-corrected chi connectivity index (χ0v) is 11.8. The number of unbranched alkanes of at least 4 members (excludes halogenated alkanes) is 1. The van der Waals surface area contributed by atoms with Crippen LogP contribution in [0.25, 0.3) is 11.1 Å². The minimum absolute atomic E-state index is 0.308. The highest BCUT2D eigenvalue weighted by Gasteiger charge is 2.16. The zero-order chi connectivity index (χ0) is 14.8. The van der Waals surface area contributed by atoms with Crippen molar-refractivity contribution in [3.05, 3.63) is 28.7 Å². The van der Waals surface area contributed by atoms with E-state index in [1.807, 2.05) is 13.8 Å². The molecule has 0 aliphatic rings. The maximum atomic E-state index is 11.8. The maximum Gasteiger partial charge on any atom is 0.419 e. The number of fused-ring (bicyclic) bond motifs is 1. The molecule has 0 spiro atoms. The van der Waals surface area contributed by atoms with Crippen molar-refractivity contribution in [2.24, 2.45) is 5.41 Å². The second-order valence-electron chi connectivity index (χ2n) is 5.70. The quantitative estimate of drug-likeness (QED) is 0.670. The molecular weight excluding hydrogens is 254 g/mol. The third kappa shape index (κ3) is 3.02. The normalized spacial score (nSPS) is 11.7. The van der Waals surface area contributed by atoms with Crippen molar-refractivity contribution >= 4 is 16.8 Å². The molecule has 1 aromatic heterocycles. The van der Waals surface area contributed by atoms with E-state index < -0.39 is 0 Å². The zero-order valence-electron chi connectivity index (χ0n) is 11.8. The summed E-state index contributed by atoms with van der Waals surface area (Å²) in [6.45, 7) is 4.45. The van der Waals surface area contributed by atoms with E-state index in [-0.39, 0.29) is 11.2 Å². The standard InChI is InChI=1S/C15H19N3O2/c1-15(2,10-16)7-3-4-8-18-12-6-5-11(17)9-13(12)20-14(18)19/h5-6,9H,3-4,7-8,17H2,1-2H3. The molecule has 0 saturated carbocycles. The van der Waals surface area contributed by atoms with E-state index in [1.165, 1.54) is 0 Å². The second kappa shape index (κ2) is 5.41. The van der Waals surface area contributed by atoms with E-state index >= 15 is 0 Å². The lowest BCUT2D eigenvalue weighted by molar-refractivity contribution is 0.411. The van der Waals surface area contributed by atoms with Gasteiger partial charge >= 0.3 is 5.76 Å². The van der Waals surface area contributed by atoms with Crippen LogP contribution in [0.1, 0.15) is 33.1 Å². The Kier molecular flexibility index (Phi) is 3.84. The van der Waals surface area contributed by atoms with Crippen molar-refractivity contribution in [1.82, 2.24) is 4.57 Å². The van der Waals surface area contributed by atoms with Crippen molar-refractivity contribution < 1.29 is 4.42 Å². The van der Waals surface area contributed by atoms with Crippen LogP contribution in [0.15, 0.2) is 27.4 Å². The van der Waals surface area contributed by atoms with E-state index in [4.69, 9.17) is 15.4 Å². The molecule has 2 rings (SSSR count). The van der Waals surface area contributed by atoms with Crippen LogP contribution >= 0.6 is 0 Å². The molecular formula is C15H19N3O2. The Balaban J connectivity index is 2.06. The summed E-state index contributed by atoms with van der Waals surface area (Å²) in [5.74, 6) is -0.356. The summed E-state index contributed by atoms with van der Waals surface area (Å²) in [7, 11) is 0. The number of aryl methyl sites for hydroxylation is 1. The number of aromatic nitrogens is 1. The lowest BCUT2D eigenvalue weighted by Gasteiger charge is -2.14. The van der Waals surface area contributed by atoms with Crippen LogP contribution in [-0.2, 0) is 6.54 Å². The Morgan fingerprint density at radius 3 is 2.85 bits per heavy atom. The third-order valence-corrected chi connectivity index (χ3v) is 3.43. The van der Waals surface area contributed by atoms with Crippen molar-refractivity contribution in [2.45, 2.75) is 39.7 Å². The molecule has 0 aliphatic carbocycles. The van der Waals surface area contributed by atoms with Crippen LogP contribution in [0.3, 0.4) is 0 Å². The Hall–Kier alpha value is -2.22. The van der Waals surface area contributed by atoms with Crippen molar-refractivity contribution in [3.8, 4) is 6.07 Å². The molecule has 0 radical (unpaired) electrons. The number of nitrogen functional groups attached to an aromatic ring is 1. The fraction of sp³-hybridized carbons (Fsp3) is 0.467. The summed E-state index contributed by atoms with van der Waals surface area (Å²) >= 11 is 0. The maximum absolute atomic E-state index is 11.8. The lowest BCUT2D eigenvalue weighted by atomic mass is 9.89. The first-order chi connectivity index (χ1) is 9.43. The number of benzene rings is 1.